The van der Waals surface area contributed by atoms with Crippen molar-refractivity contribution in [3.8, 4) is 0 Å². The van der Waals surface area contributed by atoms with Crippen LogP contribution in [-0.2, 0) is 14.3 Å². The zero-order valence-electron chi connectivity index (χ0n) is 30.7. The van der Waals surface area contributed by atoms with Gasteiger partial charge < -0.3 is 9.84 Å². The Kier molecular flexibility index (Phi) is 36.5. The van der Waals surface area contributed by atoms with E-state index in [2.05, 4.69) is 13.8 Å². The lowest BCUT2D eigenvalue weighted by Crippen LogP contribution is -2.18. The smallest absolute Gasteiger partial charge is 0.306 e. The first-order chi connectivity index (χ1) is 22.1. The van der Waals surface area contributed by atoms with E-state index < -0.39 is 5.97 Å². The summed E-state index contributed by atoms with van der Waals surface area (Å²) in [4.78, 5) is 23.2. The van der Waals surface area contributed by atoms with Crippen LogP contribution in [0.3, 0.4) is 0 Å². The molecule has 0 heterocycles. The van der Waals surface area contributed by atoms with Gasteiger partial charge in [0.1, 0.15) is 6.10 Å². The molecule has 4 heteroatoms. The van der Waals surface area contributed by atoms with E-state index in [0.29, 0.717) is 12.8 Å². The molecule has 0 rings (SSSR count). The van der Waals surface area contributed by atoms with Crippen LogP contribution in [0.4, 0.5) is 0 Å². The molecule has 0 aliphatic rings. The van der Waals surface area contributed by atoms with Crippen molar-refractivity contribution in [1.82, 2.24) is 0 Å². The molecule has 4 nitrogen and oxygen atoms in total. The van der Waals surface area contributed by atoms with Crippen LogP contribution in [0, 0.1) is 0 Å². The highest BCUT2D eigenvalue weighted by atomic mass is 16.5. The van der Waals surface area contributed by atoms with Crippen LogP contribution in [0.15, 0.2) is 0 Å². The average Bonchev–Trinajstić information content (AvgIpc) is 3.02. The number of aliphatic carboxylic acids is 1. The van der Waals surface area contributed by atoms with E-state index in [4.69, 9.17) is 9.84 Å². The Balaban J connectivity index is 3.88. The summed E-state index contributed by atoms with van der Waals surface area (Å²) in [5, 5.41) is 8.69. The van der Waals surface area contributed by atoms with E-state index in [1.54, 1.807) is 0 Å². The van der Waals surface area contributed by atoms with Gasteiger partial charge in [-0.1, -0.05) is 194 Å². The van der Waals surface area contributed by atoms with Crippen LogP contribution in [0.2, 0.25) is 0 Å². The summed E-state index contributed by atoms with van der Waals surface area (Å²) in [6.45, 7) is 4.55. The van der Waals surface area contributed by atoms with E-state index in [-0.39, 0.29) is 12.1 Å². The molecule has 0 spiro atoms. The highest BCUT2D eigenvalue weighted by Crippen LogP contribution is 2.19. The first-order valence-electron chi connectivity index (χ1n) is 20.5. The van der Waals surface area contributed by atoms with Crippen LogP contribution < -0.4 is 0 Å². The summed E-state index contributed by atoms with van der Waals surface area (Å²) in [5.74, 6) is -0.619. The number of hydrogen-bond donors (Lipinski definition) is 1. The van der Waals surface area contributed by atoms with Crippen molar-refractivity contribution in [2.24, 2.45) is 0 Å². The van der Waals surface area contributed by atoms with Gasteiger partial charge in [0.2, 0.25) is 0 Å². The highest BCUT2D eigenvalue weighted by Gasteiger charge is 2.14. The SMILES string of the molecule is CCCCCCCCCCCCCCCCC(=O)OC(CCCCCCCC)CCCCCCCCCCCCCCC(=O)O. The zero-order chi connectivity index (χ0) is 32.9. The third-order valence-electron chi connectivity index (χ3n) is 9.58. The molecular formula is C41H80O4. The summed E-state index contributed by atoms with van der Waals surface area (Å²) in [7, 11) is 0. The second-order valence-electron chi connectivity index (χ2n) is 14.2. The van der Waals surface area contributed by atoms with Crippen molar-refractivity contribution in [3.63, 3.8) is 0 Å². The van der Waals surface area contributed by atoms with Crippen LogP contribution >= 0.6 is 0 Å². The van der Waals surface area contributed by atoms with Crippen LogP contribution in [0.5, 0.6) is 0 Å². The molecule has 0 fully saturated rings. The number of carboxylic acids is 1. The van der Waals surface area contributed by atoms with Gasteiger partial charge in [-0.3, -0.25) is 9.59 Å². The third-order valence-corrected chi connectivity index (χ3v) is 9.58. The number of carbonyl (C=O) groups excluding carboxylic acids is 1. The largest absolute Gasteiger partial charge is 0.481 e. The number of esters is 1. The van der Waals surface area contributed by atoms with Crippen molar-refractivity contribution in [1.29, 1.82) is 0 Å². The quantitative estimate of drug-likeness (QED) is 0.0541. The van der Waals surface area contributed by atoms with Crippen LogP contribution in [0.1, 0.15) is 245 Å². The van der Waals surface area contributed by atoms with Gasteiger partial charge in [0, 0.05) is 12.8 Å². The van der Waals surface area contributed by atoms with Gasteiger partial charge in [0.15, 0.2) is 0 Å². The van der Waals surface area contributed by atoms with Crippen molar-refractivity contribution in [3.05, 3.63) is 0 Å². The van der Waals surface area contributed by atoms with Crippen LogP contribution in [-0.4, -0.2) is 23.1 Å². The summed E-state index contributed by atoms with van der Waals surface area (Å²) in [5.41, 5.74) is 0. The first-order valence-corrected chi connectivity index (χ1v) is 20.5. The standard InChI is InChI=1S/C41H80O4/c1-3-5-7-9-11-12-13-14-15-20-23-26-30-34-38-41(44)45-39(35-31-27-10-8-6-4-2)36-32-28-24-21-18-16-17-19-22-25-29-33-37-40(42)43/h39H,3-38H2,1-2H3,(H,42,43). The zero-order valence-corrected chi connectivity index (χ0v) is 30.7. The predicted octanol–water partition coefficient (Wildman–Crippen LogP) is 14.1. The van der Waals surface area contributed by atoms with E-state index in [1.807, 2.05) is 0 Å². The fraction of sp³-hybridized carbons (Fsp3) is 0.951. The van der Waals surface area contributed by atoms with Gasteiger partial charge >= 0.3 is 11.9 Å². The Morgan fingerprint density at radius 1 is 0.400 bits per heavy atom. The Labute approximate surface area is 282 Å². The summed E-state index contributed by atoms with van der Waals surface area (Å²) < 4.78 is 6.04. The molecule has 268 valence electrons. The fourth-order valence-corrected chi connectivity index (χ4v) is 6.54. The average molecular weight is 637 g/mol. The number of hydrogen-bond acceptors (Lipinski definition) is 3. The molecule has 0 bridgehead atoms. The lowest BCUT2D eigenvalue weighted by Gasteiger charge is -2.18. The molecule has 1 atom stereocenters. The Bertz CT molecular complexity index is 604. The van der Waals surface area contributed by atoms with Gasteiger partial charge in [-0.15, -0.1) is 0 Å². The second kappa shape index (κ2) is 37.4. The predicted molar refractivity (Wildman–Crippen MR) is 195 cm³/mol. The van der Waals surface area contributed by atoms with Crippen molar-refractivity contribution >= 4 is 11.9 Å². The molecule has 1 unspecified atom stereocenters. The first kappa shape index (κ1) is 43.9. The molecule has 0 aromatic carbocycles. The lowest BCUT2D eigenvalue weighted by atomic mass is 10.0. The molecule has 0 saturated carbocycles. The maximum atomic E-state index is 12.7. The van der Waals surface area contributed by atoms with E-state index in [1.165, 1.54) is 186 Å². The minimum Gasteiger partial charge on any atom is -0.481 e. The maximum Gasteiger partial charge on any atom is 0.306 e. The third kappa shape index (κ3) is 37.3. The maximum absolute atomic E-state index is 12.7. The van der Waals surface area contributed by atoms with E-state index >= 15 is 0 Å². The molecule has 1 N–H and O–H groups in total. The summed E-state index contributed by atoms with van der Waals surface area (Å²) >= 11 is 0. The van der Waals surface area contributed by atoms with Crippen LogP contribution in [0.25, 0.3) is 0 Å². The molecule has 0 saturated heterocycles. The molecule has 0 radical (unpaired) electrons. The minimum absolute atomic E-state index is 0.0480. The minimum atomic E-state index is -0.667. The number of carbonyl (C=O) groups is 2. The second-order valence-corrected chi connectivity index (χ2v) is 14.2. The molecule has 0 aliphatic carbocycles. The topological polar surface area (TPSA) is 63.6 Å². The van der Waals surface area contributed by atoms with Gasteiger partial charge in [0.05, 0.1) is 0 Å². The van der Waals surface area contributed by atoms with Crippen molar-refractivity contribution < 1.29 is 19.4 Å². The normalized spacial score (nSPS) is 12.0. The van der Waals surface area contributed by atoms with Gasteiger partial charge in [-0.2, -0.15) is 0 Å². The highest BCUT2D eigenvalue weighted by molar-refractivity contribution is 5.69. The number of ether oxygens (including phenoxy) is 1. The van der Waals surface area contributed by atoms with Crippen molar-refractivity contribution in [2.45, 2.75) is 251 Å². The molecule has 0 aromatic heterocycles. The van der Waals surface area contributed by atoms with E-state index in [9.17, 15) is 9.59 Å². The number of unbranched alkanes of at least 4 members (excludes halogenated alkanes) is 29. The Hall–Kier alpha value is -1.06. The summed E-state index contributed by atoms with van der Waals surface area (Å²) in [6, 6.07) is 0. The van der Waals surface area contributed by atoms with Gasteiger partial charge in [-0.05, 0) is 38.5 Å². The summed E-state index contributed by atoms with van der Waals surface area (Å²) in [6.07, 6.45) is 44.3. The molecule has 0 aliphatic heterocycles. The van der Waals surface area contributed by atoms with Gasteiger partial charge in [0.25, 0.3) is 0 Å². The van der Waals surface area contributed by atoms with Gasteiger partial charge in [-0.25, -0.2) is 0 Å². The monoisotopic (exact) mass is 637 g/mol. The fourth-order valence-electron chi connectivity index (χ4n) is 6.54. The lowest BCUT2D eigenvalue weighted by molar-refractivity contribution is -0.150. The van der Waals surface area contributed by atoms with Crippen molar-refractivity contribution in [2.75, 3.05) is 0 Å². The number of carboxylic acid groups (broad SMARTS) is 1. The van der Waals surface area contributed by atoms with E-state index in [0.717, 1.165) is 32.1 Å². The molecule has 45 heavy (non-hydrogen) atoms. The molecular weight excluding hydrogens is 556 g/mol. The Morgan fingerprint density at radius 3 is 0.978 bits per heavy atom. The number of rotatable bonds is 38. The molecule has 0 aromatic rings. The Morgan fingerprint density at radius 2 is 0.667 bits per heavy atom. The molecule has 0 amide bonds.